The molecule has 4 nitrogen and oxygen atoms in total. The summed E-state index contributed by atoms with van der Waals surface area (Å²) in [6.07, 6.45) is 1.02. The van der Waals surface area contributed by atoms with Crippen molar-refractivity contribution in [1.82, 2.24) is 4.23 Å². The molecule has 0 N–H and O–H groups in total. The quantitative estimate of drug-likeness (QED) is 0.419. The summed E-state index contributed by atoms with van der Waals surface area (Å²) in [4.78, 5) is 0. The molecule has 0 unspecified atom stereocenters. The molecule has 0 heterocycles. The Morgan fingerprint density at radius 2 is 1.24 bits per heavy atom. The predicted octanol–water partition coefficient (Wildman–Crippen LogP) is 3.73. The highest BCUT2D eigenvalue weighted by Crippen LogP contribution is 2.19. The number of rotatable bonds is 11. The van der Waals surface area contributed by atoms with Crippen LogP contribution in [0.3, 0.4) is 0 Å². The average molecular weight is 352 g/mol. The standard InChI is InChI=1S/C14H37NO3Si3/c1-16-21(9,17-2)14-10-12-18-13-11-15(19(3,4)5)20(6,7)8/h10-14H2,1-9H3. The Hall–Kier alpha value is 0.491. The molecule has 128 valence electrons. The van der Waals surface area contributed by atoms with Crippen LogP contribution in [0, 0.1) is 0 Å². The highest BCUT2D eigenvalue weighted by Gasteiger charge is 2.33. The van der Waals surface area contributed by atoms with Crippen LogP contribution < -0.4 is 0 Å². The monoisotopic (exact) mass is 351 g/mol. The molecular weight excluding hydrogens is 314 g/mol. The minimum absolute atomic E-state index is 0.806. The molecule has 21 heavy (non-hydrogen) atoms. The highest BCUT2D eigenvalue weighted by atomic mass is 28.4. The first-order valence-corrected chi connectivity index (χ1v) is 17.3. The molecule has 0 aliphatic rings. The maximum atomic E-state index is 5.85. The van der Waals surface area contributed by atoms with Crippen LogP contribution in [0.25, 0.3) is 0 Å². The van der Waals surface area contributed by atoms with E-state index in [2.05, 4.69) is 50.1 Å². The minimum atomic E-state index is -1.92. The van der Waals surface area contributed by atoms with Crippen LogP contribution in [-0.4, -0.2) is 63.2 Å². The summed E-state index contributed by atoms with van der Waals surface area (Å²) in [5.74, 6) is 0. The van der Waals surface area contributed by atoms with Crippen molar-refractivity contribution in [3.63, 3.8) is 0 Å². The lowest BCUT2D eigenvalue weighted by atomic mass is 10.5. The van der Waals surface area contributed by atoms with Gasteiger partial charge in [0.1, 0.15) is 16.5 Å². The van der Waals surface area contributed by atoms with E-state index >= 15 is 0 Å². The molecular formula is C14H37NO3Si3. The SMILES string of the molecule is CO[Si](C)(CCCOCCN([Si](C)(C)C)[Si](C)(C)C)OC. The van der Waals surface area contributed by atoms with E-state index in [1.807, 2.05) is 0 Å². The fraction of sp³-hybridized carbons (Fsp3) is 1.00. The third kappa shape index (κ3) is 8.63. The van der Waals surface area contributed by atoms with E-state index in [-0.39, 0.29) is 0 Å². The van der Waals surface area contributed by atoms with Crippen LogP contribution in [0.15, 0.2) is 0 Å². The van der Waals surface area contributed by atoms with Crippen molar-refractivity contribution < 1.29 is 13.6 Å². The Morgan fingerprint density at radius 1 is 0.762 bits per heavy atom. The van der Waals surface area contributed by atoms with Crippen LogP contribution in [0.4, 0.5) is 0 Å². The van der Waals surface area contributed by atoms with Crippen LogP contribution >= 0.6 is 0 Å². The van der Waals surface area contributed by atoms with E-state index in [1.54, 1.807) is 14.2 Å². The Morgan fingerprint density at radius 3 is 1.62 bits per heavy atom. The molecule has 0 fully saturated rings. The first-order chi connectivity index (χ1) is 9.46. The topological polar surface area (TPSA) is 30.9 Å². The molecule has 7 heteroatoms. The molecule has 0 spiro atoms. The van der Waals surface area contributed by atoms with Crippen molar-refractivity contribution in [2.24, 2.45) is 0 Å². The molecule has 0 saturated carbocycles. The molecule has 0 rings (SSSR count). The number of hydrogen-bond acceptors (Lipinski definition) is 4. The molecule has 0 aromatic heterocycles. The van der Waals surface area contributed by atoms with Crippen molar-refractivity contribution in [2.45, 2.75) is 58.3 Å². The van der Waals surface area contributed by atoms with Crippen LogP contribution in [0.5, 0.6) is 0 Å². The van der Waals surface area contributed by atoms with Crippen molar-refractivity contribution >= 4 is 25.0 Å². The minimum Gasteiger partial charge on any atom is -0.398 e. The van der Waals surface area contributed by atoms with Crippen molar-refractivity contribution in [3.05, 3.63) is 0 Å². The fourth-order valence-corrected chi connectivity index (χ4v) is 13.7. The summed E-state index contributed by atoms with van der Waals surface area (Å²) in [6.45, 7) is 19.4. The first-order valence-electron chi connectivity index (χ1n) is 7.92. The van der Waals surface area contributed by atoms with Gasteiger partial charge in [0.15, 0.2) is 0 Å². The zero-order valence-electron chi connectivity index (χ0n) is 15.7. The lowest BCUT2D eigenvalue weighted by Crippen LogP contribution is -2.59. The van der Waals surface area contributed by atoms with Gasteiger partial charge in [-0.05, 0) is 19.0 Å². The smallest absolute Gasteiger partial charge is 0.334 e. The molecule has 0 aliphatic heterocycles. The van der Waals surface area contributed by atoms with E-state index in [1.165, 1.54) is 0 Å². The van der Waals surface area contributed by atoms with Gasteiger partial charge in [-0.3, -0.25) is 0 Å². The van der Waals surface area contributed by atoms with Crippen LogP contribution in [-0.2, 0) is 13.6 Å². The summed E-state index contributed by atoms with van der Waals surface area (Å²) < 4.78 is 19.6. The van der Waals surface area contributed by atoms with E-state index in [4.69, 9.17) is 13.6 Å². The van der Waals surface area contributed by atoms with E-state index < -0.39 is 25.0 Å². The van der Waals surface area contributed by atoms with Gasteiger partial charge in [-0.15, -0.1) is 0 Å². The number of hydrogen-bond donors (Lipinski definition) is 0. The van der Waals surface area contributed by atoms with E-state index in [0.29, 0.717) is 0 Å². The van der Waals surface area contributed by atoms with Gasteiger partial charge in [-0.25, -0.2) is 0 Å². The van der Waals surface area contributed by atoms with Gasteiger partial charge >= 0.3 is 8.56 Å². The van der Waals surface area contributed by atoms with Crippen molar-refractivity contribution in [3.8, 4) is 0 Å². The Labute approximate surface area is 135 Å². The lowest BCUT2D eigenvalue weighted by Gasteiger charge is -2.43. The van der Waals surface area contributed by atoms with Gasteiger partial charge in [-0.2, -0.15) is 0 Å². The summed E-state index contributed by atoms with van der Waals surface area (Å²) in [6, 6.07) is 0.992. The third-order valence-corrected chi connectivity index (χ3v) is 14.6. The van der Waals surface area contributed by atoms with Gasteiger partial charge in [-0.1, -0.05) is 39.3 Å². The maximum Gasteiger partial charge on any atom is 0.334 e. The fourth-order valence-electron chi connectivity index (χ4n) is 2.72. The van der Waals surface area contributed by atoms with E-state index in [9.17, 15) is 0 Å². The molecule has 0 bridgehead atoms. The van der Waals surface area contributed by atoms with Gasteiger partial charge in [0, 0.05) is 27.4 Å². The molecule has 0 amide bonds. The van der Waals surface area contributed by atoms with Crippen molar-refractivity contribution in [1.29, 1.82) is 0 Å². The zero-order chi connectivity index (χ0) is 16.7. The molecule has 0 aliphatic carbocycles. The summed E-state index contributed by atoms with van der Waals surface area (Å²) in [5.41, 5.74) is 0. The lowest BCUT2D eigenvalue weighted by molar-refractivity contribution is 0.127. The molecule has 0 aromatic carbocycles. The summed E-state index contributed by atoms with van der Waals surface area (Å²) in [5, 5.41) is 0. The van der Waals surface area contributed by atoms with Gasteiger partial charge in [0.2, 0.25) is 0 Å². The highest BCUT2D eigenvalue weighted by molar-refractivity contribution is 6.89. The van der Waals surface area contributed by atoms with Crippen LogP contribution in [0.2, 0.25) is 51.9 Å². The summed E-state index contributed by atoms with van der Waals surface area (Å²) in [7, 11) is -0.923. The maximum absolute atomic E-state index is 5.85. The van der Waals surface area contributed by atoms with E-state index in [0.717, 1.165) is 32.2 Å². The number of ether oxygens (including phenoxy) is 1. The Balaban J connectivity index is 4.04. The zero-order valence-corrected chi connectivity index (χ0v) is 18.7. The third-order valence-electron chi connectivity index (χ3n) is 3.86. The van der Waals surface area contributed by atoms with Gasteiger partial charge in [0.25, 0.3) is 0 Å². The molecule has 0 aromatic rings. The molecule has 0 radical (unpaired) electrons. The second kappa shape index (κ2) is 8.95. The summed E-state index contributed by atoms with van der Waals surface area (Å²) >= 11 is 0. The van der Waals surface area contributed by atoms with Gasteiger partial charge < -0.3 is 17.8 Å². The van der Waals surface area contributed by atoms with Gasteiger partial charge in [0.05, 0.1) is 6.61 Å². The number of nitrogens with zero attached hydrogens (tertiary/aromatic N) is 1. The average Bonchev–Trinajstić information content (AvgIpc) is 2.34. The second-order valence-corrected chi connectivity index (χ2v) is 21.5. The van der Waals surface area contributed by atoms with Crippen molar-refractivity contribution in [2.75, 3.05) is 34.0 Å². The first kappa shape index (κ1) is 21.5. The Bertz CT molecular complexity index is 272. The normalized spacial score (nSPS) is 14.0. The predicted molar refractivity (Wildman–Crippen MR) is 99.3 cm³/mol. The molecule has 0 atom stereocenters. The molecule has 0 saturated heterocycles. The largest absolute Gasteiger partial charge is 0.398 e. The van der Waals surface area contributed by atoms with Crippen LogP contribution in [0.1, 0.15) is 6.42 Å². The Kier molecular flexibility index (Phi) is 9.16. The second-order valence-electron chi connectivity index (χ2n) is 7.75.